The van der Waals surface area contributed by atoms with Gasteiger partial charge in [0.05, 0.1) is 24.3 Å². The summed E-state index contributed by atoms with van der Waals surface area (Å²) in [6.07, 6.45) is 2.11. The van der Waals surface area contributed by atoms with Crippen LogP contribution in [0.3, 0.4) is 0 Å². The van der Waals surface area contributed by atoms with Crippen LogP contribution in [0.25, 0.3) is 27.4 Å². The predicted molar refractivity (Wildman–Crippen MR) is 153 cm³/mol. The average Bonchev–Trinajstić information content (AvgIpc) is 3.47. The molecule has 4 aromatic carbocycles. The fourth-order valence-electron chi connectivity index (χ4n) is 6.27. The van der Waals surface area contributed by atoms with E-state index in [1.165, 1.54) is 23.4 Å². The molecule has 1 N–H and O–H groups in total. The van der Waals surface area contributed by atoms with Gasteiger partial charge in [0.2, 0.25) is 0 Å². The lowest BCUT2D eigenvalue weighted by molar-refractivity contribution is -0.136. The Balaban J connectivity index is 1.45. The topological polar surface area (TPSA) is 60.3 Å². The van der Waals surface area contributed by atoms with Crippen molar-refractivity contribution < 1.29 is 14.3 Å². The van der Waals surface area contributed by atoms with Crippen molar-refractivity contribution in [1.29, 1.82) is 0 Å². The largest absolute Gasteiger partial charge is 0.466 e. The quantitative estimate of drug-likeness (QED) is 0.277. The summed E-state index contributed by atoms with van der Waals surface area (Å²) < 4.78 is 7.49. The Kier molecular flexibility index (Phi) is 5.27. The Morgan fingerprint density at radius 2 is 1.56 bits per heavy atom. The predicted octanol–water partition coefficient (Wildman–Crippen LogP) is 6.58. The number of aromatic nitrogens is 1. The maximum Gasteiger partial charge on any atom is 0.336 e. The fraction of sp³-hybridized carbons (Fsp3) is 0.118. The summed E-state index contributed by atoms with van der Waals surface area (Å²) in [6, 6.07) is 30.6. The molecular weight excluding hydrogens is 484 g/mol. The number of ketones is 1. The van der Waals surface area contributed by atoms with Gasteiger partial charge in [0.15, 0.2) is 5.78 Å². The summed E-state index contributed by atoms with van der Waals surface area (Å²) in [5, 5.41) is 6.79. The molecule has 1 atom stereocenters. The Labute approximate surface area is 226 Å². The maximum absolute atomic E-state index is 13.9. The van der Waals surface area contributed by atoms with Crippen molar-refractivity contribution >= 4 is 39.1 Å². The summed E-state index contributed by atoms with van der Waals surface area (Å²) in [5.41, 5.74) is 7.21. The molecule has 190 valence electrons. The second kappa shape index (κ2) is 8.84. The third-order valence-corrected chi connectivity index (χ3v) is 8.01. The van der Waals surface area contributed by atoms with Gasteiger partial charge in [0.25, 0.3) is 0 Å². The van der Waals surface area contributed by atoms with Crippen molar-refractivity contribution in [2.24, 2.45) is 0 Å². The number of esters is 1. The number of dihydropyridines is 1. The van der Waals surface area contributed by atoms with Crippen molar-refractivity contribution in [2.45, 2.75) is 19.4 Å². The van der Waals surface area contributed by atoms with Crippen LogP contribution in [0.15, 0.2) is 114 Å². The van der Waals surface area contributed by atoms with Gasteiger partial charge in [-0.05, 0) is 34.9 Å². The summed E-state index contributed by atoms with van der Waals surface area (Å²) in [5.74, 6) is -1.06. The molecule has 2 heterocycles. The molecule has 0 fully saturated rings. The summed E-state index contributed by atoms with van der Waals surface area (Å²) >= 11 is 0. The molecule has 2 aliphatic rings. The number of hydrogen-bond acceptors (Lipinski definition) is 4. The van der Waals surface area contributed by atoms with E-state index in [2.05, 4.69) is 70.7 Å². The monoisotopic (exact) mass is 510 g/mol. The van der Waals surface area contributed by atoms with Gasteiger partial charge in [-0.3, -0.25) is 4.79 Å². The number of ether oxygens (including phenoxy) is 1. The number of Topliss-reactive ketones (excluding diaryl/α,β-unsaturated/α-hetero) is 1. The lowest BCUT2D eigenvalue weighted by atomic mass is 9.79. The molecule has 0 unspecified atom stereocenters. The number of para-hydroxylation sites is 1. The van der Waals surface area contributed by atoms with Crippen LogP contribution in [0, 0.1) is 0 Å². The maximum atomic E-state index is 13.9. The summed E-state index contributed by atoms with van der Waals surface area (Å²) in [6.45, 7) is 2.53. The van der Waals surface area contributed by atoms with Crippen LogP contribution in [0.2, 0.25) is 0 Å². The number of allylic oxidation sites excluding steroid dienone is 2. The summed E-state index contributed by atoms with van der Waals surface area (Å²) in [7, 11) is 1.39. The van der Waals surface area contributed by atoms with E-state index in [9.17, 15) is 9.59 Å². The van der Waals surface area contributed by atoms with E-state index in [0.717, 1.165) is 27.7 Å². The van der Waals surface area contributed by atoms with Crippen LogP contribution in [0.5, 0.6) is 0 Å². The van der Waals surface area contributed by atoms with Crippen LogP contribution >= 0.6 is 0 Å². The molecule has 0 bridgehead atoms. The molecule has 5 heteroatoms. The van der Waals surface area contributed by atoms with Gasteiger partial charge >= 0.3 is 5.97 Å². The molecule has 39 heavy (non-hydrogen) atoms. The highest BCUT2D eigenvalue weighted by atomic mass is 16.5. The molecule has 7 rings (SSSR count). The standard InChI is InChI=1S/C34H26N2O3/c1-20-29(34(38)39-2)30(31-32(35-20)25-15-5-6-16-26(25)33(31)37)27-19-36(28-17-8-7-14-24(27)28)18-22-12-9-11-21-10-3-4-13-23(21)22/h3-17,19,30,35H,18H2,1-2H3/t30-/m0/s1. The molecule has 1 aliphatic carbocycles. The van der Waals surface area contributed by atoms with Gasteiger partial charge in [-0.2, -0.15) is 0 Å². The van der Waals surface area contributed by atoms with Crippen molar-refractivity contribution in [3.63, 3.8) is 0 Å². The van der Waals surface area contributed by atoms with Gasteiger partial charge in [-0.25, -0.2) is 4.79 Å². The number of benzene rings is 4. The molecule has 1 aromatic heterocycles. The zero-order chi connectivity index (χ0) is 26.7. The molecule has 0 spiro atoms. The molecule has 0 radical (unpaired) electrons. The molecule has 5 aromatic rings. The van der Waals surface area contributed by atoms with E-state index in [1.807, 2.05) is 43.3 Å². The molecule has 1 aliphatic heterocycles. The third-order valence-electron chi connectivity index (χ3n) is 8.01. The molecule has 0 amide bonds. The zero-order valence-electron chi connectivity index (χ0n) is 21.7. The van der Waals surface area contributed by atoms with E-state index >= 15 is 0 Å². The molecular formula is C34H26N2O3. The van der Waals surface area contributed by atoms with Gasteiger partial charge in [0, 0.05) is 46.0 Å². The van der Waals surface area contributed by atoms with Crippen LogP contribution in [0.4, 0.5) is 0 Å². The van der Waals surface area contributed by atoms with Crippen LogP contribution in [-0.4, -0.2) is 23.4 Å². The third kappa shape index (κ3) is 3.47. The number of carbonyl (C=O) groups excluding carboxylic acids is 2. The number of hydrogen-bond donors (Lipinski definition) is 1. The highest BCUT2D eigenvalue weighted by molar-refractivity contribution is 6.23. The normalized spacial score (nSPS) is 16.5. The summed E-state index contributed by atoms with van der Waals surface area (Å²) in [4.78, 5) is 27.1. The minimum absolute atomic E-state index is 0.0575. The minimum Gasteiger partial charge on any atom is -0.466 e. The first kappa shape index (κ1) is 23.2. The smallest absolute Gasteiger partial charge is 0.336 e. The van der Waals surface area contributed by atoms with E-state index in [0.29, 0.717) is 29.0 Å². The SMILES string of the molecule is COC(=O)C1=C(C)NC2=C(C(=O)c3ccccc32)[C@H]1c1cn(Cc2cccc3ccccc23)c2ccccc12. The Morgan fingerprint density at radius 1 is 0.872 bits per heavy atom. The number of nitrogens with one attached hydrogen (secondary N) is 1. The van der Waals surface area contributed by atoms with E-state index in [-0.39, 0.29) is 5.78 Å². The second-order valence-corrected chi connectivity index (χ2v) is 10.1. The minimum atomic E-state index is -0.563. The lowest BCUT2D eigenvalue weighted by Gasteiger charge is -2.28. The first-order valence-corrected chi connectivity index (χ1v) is 13.1. The van der Waals surface area contributed by atoms with E-state index in [4.69, 9.17) is 4.74 Å². The van der Waals surface area contributed by atoms with Crippen molar-refractivity contribution in [1.82, 2.24) is 9.88 Å². The van der Waals surface area contributed by atoms with Crippen molar-refractivity contribution in [2.75, 3.05) is 7.11 Å². The first-order chi connectivity index (χ1) is 19.1. The van der Waals surface area contributed by atoms with Gasteiger partial charge in [-0.15, -0.1) is 0 Å². The van der Waals surface area contributed by atoms with Crippen molar-refractivity contribution in [3.8, 4) is 0 Å². The average molecular weight is 511 g/mol. The highest BCUT2D eigenvalue weighted by Crippen LogP contribution is 2.48. The van der Waals surface area contributed by atoms with Crippen LogP contribution in [-0.2, 0) is 16.1 Å². The molecule has 0 saturated heterocycles. The zero-order valence-corrected chi connectivity index (χ0v) is 21.7. The van der Waals surface area contributed by atoms with Crippen molar-refractivity contribution in [3.05, 3.63) is 136 Å². The highest BCUT2D eigenvalue weighted by Gasteiger charge is 2.43. The first-order valence-electron chi connectivity index (χ1n) is 13.1. The lowest BCUT2D eigenvalue weighted by Crippen LogP contribution is -2.29. The number of carbonyl (C=O) groups is 2. The number of fused-ring (bicyclic) bond motifs is 4. The second-order valence-electron chi connectivity index (χ2n) is 10.1. The van der Waals surface area contributed by atoms with Crippen LogP contribution < -0.4 is 5.32 Å². The van der Waals surface area contributed by atoms with Gasteiger partial charge < -0.3 is 14.6 Å². The number of methoxy groups -OCH3 is 1. The van der Waals surface area contributed by atoms with E-state index < -0.39 is 11.9 Å². The van der Waals surface area contributed by atoms with Gasteiger partial charge in [-0.1, -0.05) is 84.9 Å². The number of nitrogens with zero attached hydrogens (tertiary/aromatic N) is 1. The molecule has 0 saturated carbocycles. The van der Waals surface area contributed by atoms with Gasteiger partial charge in [0.1, 0.15) is 0 Å². The van der Waals surface area contributed by atoms with Crippen LogP contribution in [0.1, 0.15) is 39.9 Å². The van der Waals surface area contributed by atoms with E-state index in [1.54, 1.807) is 0 Å². The Morgan fingerprint density at radius 3 is 2.38 bits per heavy atom. The Hall–Kier alpha value is -4.90. The number of rotatable bonds is 4. The Bertz CT molecular complexity index is 1900. The molecule has 5 nitrogen and oxygen atoms in total. The fourth-order valence-corrected chi connectivity index (χ4v) is 6.27.